The summed E-state index contributed by atoms with van der Waals surface area (Å²) in [6.45, 7) is 1.80. The standard InChI is InChI=1S/C18H13F3N4O/c1-10-4-2-6-13(24-10)16-12(5-3-7-23-16)11-8-14(17(22)26)25-15(9-11)18(19,20)21/h2-9H,1H3,(H2,22,26). The van der Waals surface area contributed by atoms with E-state index in [4.69, 9.17) is 5.73 Å². The topological polar surface area (TPSA) is 81.8 Å². The number of hydrogen-bond donors (Lipinski definition) is 1. The highest BCUT2D eigenvalue weighted by Crippen LogP contribution is 2.34. The van der Waals surface area contributed by atoms with Crippen LogP contribution in [0.25, 0.3) is 22.5 Å². The lowest BCUT2D eigenvalue weighted by Crippen LogP contribution is -2.17. The third-order valence-electron chi connectivity index (χ3n) is 3.62. The zero-order valence-electron chi connectivity index (χ0n) is 13.6. The van der Waals surface area contributed by atoms with Crippen molar-refractivity contribution in [3.63, 3.8) is 0 Å². The van der Waals surface area contributed by atoms with Gasteiger partial charge in [-0.15, -0.1) is 0 Å². The molecule has 0 saturated carbocycles. The van der Waals surface area contributed by atoms with Gasteiger partial charge in [0.1, 0.15) is 11.4 Å². The fourth-order valence-electron chi connectivity index (χ4n) is 2.47. The predicted octanol–water partition coefficient (Wildman–Crippen LogP) is 3.63. The number of carbonyl (C=O) groups excluding carboxylic acids is 1. The van der Waals surface area contributed by atoms with Crippen LogP contribution in [-0.4, -0.2) is 20.9 Å². The van der Waals surface area contributed by atoms with E-state index in [9.17, 15) is 18.0 Å². The fraction of sp³-hybridized carbons (Fsp3) is 0.111. The molecule has 0 spiro atoms. The molecule has 0 fully saturated rings. The summed E-state index contributed by atoms with van der Waals surface area (Å²) in [7, 11) is 0. The van der Waals surface area contributed by atoms with Crippen LogP contribution in [0.3, 0.4) is 0 Å². The van der Waals surface area contributed by atoms with Gasteiger partial charge in [0.2, 0.25) is 0 Å². The maximum atomic E-state index is 13.2. The number of primary amides is 1. The summed E-state index contributed by atoms with van der Waals surface area (Å²) in [6.07, 6.45) is -3.20. The molecular weight excluding hydrogens is 345 g/mol. The second-order valence-corrected chi connectivity index (χ2v) is 5.55. The van der Waals surface area contributed by atoms with Gasteiger partial charge in [0.15, 0.2) is 0 Å². The highest BCUT2D eigenvalue weighted by molar-refractivity contribution is 5.93. The van der Waals surface area contributed by atoms with Crippen molar-refractivity contribution < 1.29 is 18.0 Å². The summed E-state index contributed by atoms with van der Waals surface area (Å²) in [6, 6.07) is 10.6. The Hall–Kier alpha value is -3.29. The molecule has 132 valence electrons. The summed E-state index contributed by atoms with van der Waals surface area (Å²) in [4.78, 5) is 23.4. The molecule has 0 aliphatic carbocycles. The quantitative estimate of drug-likeness (QED) is 0.775. The van der Waals surface area contributed by atoms with E-state index in [0.717, 1.165) is 11.8 Å². The molecule has 5 nitrogen and oxygen atoms in total. The van der Waals surface area contributed by atoms with Crippen LogP contribution in [0.1, 0.15) is 21.9 Å². The molecule has 3 rings (SSSR count). The van der Waals surface area contributed by atoms with E-state index in [1.54, 1.807) is 37.3 Å². The van der Waals surface area contributed by atoms with E-state index in [0.29, 0.717) is 17.0 Å². The summed E-state index contributed by atoms with van der Waals surface area (Å²) in [5.41, 5.74) is 5.64. The number of aryl methyl sites for hydroxylation is 1. The van der Waals surface area contributed by atoms with E-state index >= 15 is 0 Å². The van der Waals surface area contributed by atoms with Gasteiger partial charge in [-0.05, 0) is 42.8 Å². The lowest BCUT2D eigenvalue weighted by atomic mass is 10.0. The smallest absolute Gasteiger partial charge is 0.364 e. The molecule has 26 heavy (non-hydrogen) atoms. The van der Waals surface area contributed by atoms with E-state index in [1.165, 1.54) is 12.3 Å². The summed E-state index contributed by atoms with van der Waals surface area (Å²) >= 11 is 0. The second-order valence-electron chi connectivity index (χ2n) is 5.55. The molecule has 3 aromatic heterocycles. The third-order valence-corrected chi connectivity index (χ3v) is 3.62. The van der Waals surface area contributed by atoms with E-state index in [2.05, 4.69) is 15.0 Å². The minimum atomic E-state index is -4.72. The summed E-state index contributed by atoms with van der Waals surface area (Å²) in [5, 5.41) is 0. The zero-order chi connectivity index (χ0) is 18.9. The van der Waals surface area contributed by atoms with Gasteiger partial charge in [0, 0.05) is 17.5 Å². The van der Waals surface area contributed by atoms with Crippen molar-refractivity contribution in [3.05, 3.63) is 65.7 Å². The van der Waals surface area contributed by atoms with Crippen LogP contribution in [-0.2, 0) is 6.18 Å². The molecule has 0 atom stereocenters. The Morgan fingerprint density at radius 2 is 1.85 bits per heavy atom. The third kappa shape index (κ3) is 3.53. The monoisotopic (exact) mass is 358 g/mol. The number of carbonyl (C=O) groups is 1. The number of amides is 1. The van der Waals surface area contributed by atoms with Gasteiger partial charge in [-0.25, -0.2) is 4.98 Å². The molecule has 0 aliphatic rings. The van der Waals surface area contributed by atoms with E-state index in [1.807, 2.05) is 0 Å². The molecule has 0 saturated heterocycles. The Morgan fingerprint density at radius 1 is 1.08 bits per heavy atom. The van der Waals surface area contributed by atoms with Crippen LogP contribution in [0.4, 0.5) is 13.2 Å². The van der Waals surface area contributed by atoms with Crippen molar-refractivity contribution in [2.45, 2.75) is 13.1 Å². The Morgan fingerprint density at radius 3 is 2.50 bits per heavy atom. The second kappa shape index (κ2) is 6.55. The number of nitrogens with two attached hydrogens (primary N) is 1. The van der Waals surface area contributed by atoms with E-state index in [-0.39, 0.29) is 5.56 Å². The highest BCUT2D eigenvalue weighted by Gasteiger charge is 2.34. The summed E-state index contributed by atoms with van der Waals surface area (Å²) in [5.74, 6) is -1.04. The van der Waals surface area contributed by atoms with Crippen molar-refractivity contribution in [2.75, 3.05) is 0 Å². The molecule has 0 aromatic carbocycles. The Kier molecular flexibility index (Phi) is 4.41. The zero-order valence-corrected chi connectivity index (χ0v) is 13.6. The van der Waals surface area contributed by atoms with Crippen LogP contribution in [0.2, 0.25) is 0 Å². The minimum absolute atomic E-state index is 0.132. The molecule has 3 aromatic rings. The molecular formula is C18H13F3N4O. The normalized spacial score (nSPS) is 11.4. The van der Waals surface area contributed by atoms with Crippen LogP contribution in [0, 0.1) is 6.92 Å². The van der Waals surface area contributed by atoms with Gasteiger partial charge in [-0.1, -0.05) is 12.1 Å². The first-order chi connectivity index (χ1) is 12.3. The lowest BCUT2D eigenvalue weighted by molar-refractivity contribution is -0.141. The first kappa shape index (κ1) is 17.5. The maximum Gasteiger partial charge on any atom is 0.433 e. The Balaban J connectivity index is 2.25. The van der Waals surface area contributed by atoms with Crippen LogP contribution in [0.5, 0.6) is 0 Å². The molecule has 8 heteroatoms. The van der Waals surface area contributed by atoms with Crippen molar-refractivity contribution >= 4 is 5.91 Å². The number of aromatic nitrogens is 3. The van der Waals surface area contributed by atoms with Gasteiger partial charge >= 0.3 is 6.18 Å². The van der Waals surface area contributed by atoms with Gasteiger partial charge in [0.05, 0.1) is 11.4 Å². The lowest BCUT2D eigenvalue weighted by Gasteiger charge is -2.12. The van der Waals surface area contributed by atoms with Gasteiger partial charge in [-0.2, -0.15) is 13.2 Å². The SMILES string of the molecule is Cc1cccc(-c2ncccc2-c2cc(C(N)=O)nc(C(F)(F)F)c2)n1. The molecule has 2 N–H and O–H groups in total. The number of alkyl halides is 3. The van der Waals surface area contributed by atoms with Crippen LogP contribution in [0.15, 0.2) is 48.7 Å². The molecule has 0 unspecified atom stereocenters. The highest BCUT2D eigenvalue weighted by atomic mass is 19.4. The molecule has 3 heterocycles. The average molecular weight is 358 g/mol. The Bertz CT molecular complexity index is 986. The van der Waals surface area contributed by atoms with Gasteiger partial charge < -0.3 is 5.73 Å². The van der Waals surface area contributed by atoms with Crippen molar-refractivity contribution in [2.24, 2.45) is 5.73 Å². The first-order valence-electron chi connectivity index (χ1n) is 7.54. The van der Waals surface area contributed by atoms with Crippen LogP contribution >= 0.6 is 0 Å². The minimum Gasteiger partial charge on any atom is -0.364 e. The van der Waals surface area contributed by atoms with Crippen molar-refractivity contribution in [1.82, 2.24) is 15.0 Å². The van der Waals surface area contributed by atoms with Crippen molar-refractivity contribution in [1.29, 1.82) is 0 Å². The molecule has 0 bridgehead atoms. The number of halogens is 3. The van der Waals surface area contributed by atoms with Crippen molar-refractivity contribution in [3.8, 4) is 22.5 Å². The van der Waals surface area contributed by atoms with Gasteiger partial charge in [0.25, 0.3) is 5.91 Å². The fourth-order valence-corrected chi connectivity index (χ4v) is 2.47. The van der Waals surface area contributed by atoms with Crippen LogP contribution < -0.4 is 5.73 Å². The number of nitrogens with zero attached hydrogens (tertiary/aromatic N) is 3. The molecule has 1 amide bonds. The molecule has 0 aliphatic heterocycles. The largest absolute Gasteiger partial charge is 0.433 e. The predicted molar refractivity (Wildman–Crippen MR) is 89.0 cm³/mol. The Labute approximate surface area is 146 Å². The average Bonchev–Trinajstić information content (AvgIpc) is 2.60. The summed E-state index contributed by atoms with van der Waals surface area (Å²) < 4.78 is 39.5. The van der Waals surface area contributed by atoms with Gasteiger partial charge in [-0.3, -0.25) is 14.8 Å². The van der Waals surface area contributed by atoms with E-state index < -0.39 is 23.5 Å². The number of pyridine rings is 3. The first-order valence-corrected chi connectivity index (χ1v) is 7.54. The molecule has 0 radical (unpaired) electrons. The number of hydrogen-bond acceptors (Lipinski definition) is 4. The maximum absolute atomic E-state index is 13.2. The number of rotatable bonds is 3.